The highest BCUT2D eigenvalue weighted by atomic mass is 16.7. The second-order valence-electron chi connectivity index (χ2n) is 6.27. The zero-order chi connectivity index (χ0) is 19.8. The van der Waals surface area contributed by atoms with Crippen molar-refractivity contribution in [3.8, 4) is 40.0 Å². The molecule has 0 fully saturated rings. The lowest BCUT2D eigenvalue weighted by Crippen LogP contribution is -2.01. The van der Waals surface area contributed by atoms with Crippen molar-refractivity contribution in [2.45, 2.75) is 6.92 Å². The van der Waals surface area contributed by atoms with Crippen molar-refractivity contribution < 1.29 is 14.4 Å². The summed E-state index contributed by atoms with van der Waals surface area (Å²) in [5, 5.41) is 21.2. The average molecular weight is 374 g/mol. The summed E-state index contributed by atoms with van der Waals surface area (Å²) >= 11 is 0. The van der Waals surface area contributed by atoms with Crippen molar-refractivity contribution in [3.05, 3.63) is 63.7 Å². The van der Waals surface area contributed by atoms with E-state index >= 15 is 0 Å². The molecule has 8 heteroatoms. The first-order valence-electron chi connectivity index (χ1n) is 8.34. The number of nitro groups is 1. The Hall–Kier alpha value is -4.12. The molecule has 0 spiro atoms. The summed E-state index contributed by atoms with van der Waals surface area (Å²) in [6.45, 7) is 1.94. The van der Waals surface area contributed by atoms with Gasteiger partial charge < -0.3 is 15.2 Å². The topological polar surface area (TPSA) is 124 Å². The molecule has 28 heavy (non-hydrogen) atoms. The van der Waals surface area contributed by atoms with E-state index in [0.29, 0.717) is 17.0 Å². The fraction of sp³-hybridized carbons (Fsp3) is 0.100. The van der Waals surface area contributed by atoms with Gasteiger partial charge >= 0.3 is 0 Å². The molecule has 1 aliphatic rings. The van der Waals surface area contributed by atoms with E-state index in [1.165, 1.54) is 12.1 Å². The van der Waals surface area contributed by atoms with Gasteiger partial charge in [-0.25, -0.2) is 4.98 Å². The van der Waals surface area contributed by atoms with E-state index in [1.807, 2.05) is 37.3 Å². The molecular weight excluding hydrogens is 360 g/mol. The molecule has 0 saturated carbocycles. The molecule has 0 saturated heterocycles. The number of ether oxygens (including phenoxy) is 2. The van der Waals surface area contributed by atoms with Crippen LogP contribution in [0.5, 0.6) is 11.5 Å². The first kappa shape index (κ1) is 17.3. The van der Waals surface area contributed by atoms with Crippen molar-refractivity contribution >= 4 is 11.5 Å². The third-order valence-corrected chi connectivity index (χ3v) is 4.48. The number of aryl methyl sites for hydroxylation is 1. The molecule has 3 aromatic rings. The van der Waals surface area contributed by atoms with E-state index in [-0.39, 0.29) is 35.2 Å². The largest absolute Gasteiger partial charge is 0.454 e. The number of nitriles is 1. The van der Waals surface area contributed by atoms with Crippen LogP contribution in [0.25, 0.3) is 22.4 Å². The van der Waals surface area contributed by atoms with Crippen LogP contribution in [0.2, 0.25) is 0 Å². The number of nitro benzene ring substituents is 1. The highest BCUT2D eigenvalue weighted by molar-refractivity contribution is 5.86. The molecule has 0 atom stereocenters. The quantitative estimate of drug-likeness (QED) is 0.546. The monoisotopic (exact) mass is 374 g/mol. The van der Waals surface area contributed by atoms with Crippen molar-refractivity contribution in [3.63, 3.8) is 0 Å². The van der Waals surface area contributed by atoms with E-state index in [4.69, 9.17) is 15.2 Å². The molecule has 2 heterocycles. The van der Waals surface area contributed by atoms with Crippen molar-refractivity contribution in [2.75, 3.05) is 12.5 Å². The fourth-order valence-electron chi connectivity index (χ4n) is 3.06. The lowest BCUT2D eigenvalue weighted by molar-refractivity contribution is -0.384. The zero-order valence-electron chi connectivity index (χ0n) is 14.8. The number of aromatic nitrogens is 1. The van der Waals surface area contributed by atoms with Gasteiger partial charge in [0.2, 0.25) is 6.79 Å². The average Bonchev–Trinajstić information content (AvgIpc) is 3.14. The van der Waals surface area contributed by atoms with E-state index in [1.54, 1.807) is 6.07 Å². The molecule has 4 rings (SSSR count). The molecule has 138 valence electrons. The number of hydrogen-bond acceptors (Lipinski definition) is 7. The molecule has 1 aliphatic heterocycles. The van der Waals surface area contributed by atoms with Gasteiger partial charge in [0.1, 0.15) is 17.5 Å². The van der Waals surface area contributed by atoms with Crippen LogP contribution in [0.1, 0.15) is 11.1 Å². The summed E-state index contributed by atoms with van der Waals surface area (Å²) in [5.41, 5.74) is 8.79. The normalized spacial score (nSPS) is 11.9. The van der Waals surface area contributed by atoms with E-state index in [2.05, 4.69) is 4.98 Å². The number of rotatable bonds is 3. The summed E-state index contributed by atoms with van der Waals surface area (Å²) in [7, 11) is 0. The molecule has 8 nitrogen and oxygen atoms in total. The van der Waals surface area contributed by atoms with Gasteiger partial charge in [-0.05, 0) is 19.1 Å². The Morgan fingerprint density at radius 2 is 1.82 bits per heavy atom. The maximum absolute atomic E-state index is 11.7. The molecule has 0 bridgehead atoms. The molecule has 2 N–H and O–H groups in total. The van der Waals surface area contributed by atoms with Gasteiger partial charge in [0, 0.05) is 11.1 Å². The molecular formula is C20H14N4O4. The Balaban J connectivity index is 1.98. The van der Waals surface area contributed by atoms with E-state index in [0.717, 1.165) is 11.1 Å². The number of benzene rings is 2. The minimum Gasteiger partial charge on any atom is -0.454 e. The van der Waals surface area contributed by atoms with Gasteiger partial charge in [-0.15, -0.1) is 0 Å². The summed E-state index contributed by atoms with van der Waals surface area (Å²) in [4.78, 5) is 15.4. The van der Waals surface area contributed by atoms with Gasteiger partial charge in [0.25, 0.3) is 5.69 Å². The van der Waals surface area contributed by atoms with Crippen LogP contribution in [0, 0.1) is 28.4 Å². The predicted octanol–water partition coefficient (Wildman–Crippen LogP) is 3.81. The summed E-state index contributed by atoms with van der Waals surface area (Å²) in [6.07, 6.45) is 0. The fourth-order valence-corrected chi connectivity index (χ4v) is 3.06. The van der Waals surface area contributed by atoms with Crippen LogP contribution in [-0.2, 0) is 0 Å². The van der Waals surface area contributed by atoms with Crippen LogP contribution >= 0.6 is 0 Å². The van der Waals surface area contributed by atoms with Crippen LogP contribution in [-0.4, -0.2) is 16.7 Å². The lowest BCUT2D eigenvalue weighted by Gasteiger charge is -2.11. The van der Waals surface area contributed by atoms with Gasteiger partial charge in [-0.3, -0.25) is 10.1 Å². The van der Waals surface area contributed by atoms with Crippen LogP contribution < -0.4 is 15.2 Å². The lowest BCUT2D eigenvalue weighted by atomic mass is 9.96. The number of hydrogen-bond donors (Lipinski definition) is 1. The van der Waals surface area contributed by atoms with Crippen LogP contribution in [0.3, 0.4) is 0 Å². The van der Waals surface area contributed by atoms with Gasteiger partial charge in [-0.1, -0.05) is 29.8 Å². The molecule has 0 radical (unpaired) electrons. The van der Waals surface area contributed by atoms with Crippen molar-refractivity contribution in [1.82, 2.24) is 4.98 Å². The Bertz CT molecular complexity index is 1150. The molecule has 0 aliphatic carbocycles. The summed E-state index contributed by atoms with van der Waals surface area (Å²) in [5.74, 6) is 0.661. The van der Waals surface area contributed by atoms with Crippen molar-refractivity contribution in [1.29, 1.82) is 5.26 Å². The van der Waals surface area contributed by atoms with Crippen LogP contribution in [0.4, 0.5) is 11.5 Å². The summed E-state index contributed by atoms with van der Waals surface area (Å²) in [6, 6.07) is 14.0. The number of nitrogens with zero attached hydrogens (tertiary/aromatic N) is 3. The highest BCUT2D eigenvalue weighted by Crippen LogP contribution is 2.44. The van der Waals surface area contributed by atoms with Crippen molar-refractivity contribution in [2.24, 2.45) is 0 Å². The Labute approximate surface area is 159 Å². The number of pyridine rings is 1. The van der Waals surface area contributed by atoms with Gasteiger partial charge in [0.15, 0.2) is 11.5 Å². The third kappa shape index (κ3) is 2.85. The Kier molecular flexibility index (Phi) is 4.05. The molecule has 0 amide bonds. The summed E-state index contributed by atoms with van der Waals surface area (Å²) < 4.78 is 10.6. The number of nitrogen functional groups attached to an aromatic ring is 1. The van der Waals surface area contributed by atoms with E-state index < -0.39 is 4.92 Å². The third-order valence-electron chi connectivity index (χ3n) is 4.48. The molecule has 1 aromatic heterocycles. The Morgan fingerprint density at radius 3 is 2.46 bits per heavy atom. The standard InChI is InChI=1S/C20H14N4O4/c1-11-2-4-12(5-3-11)16-6-13(15(9-21)20(22)23-16)14-7-18-19(28-10-27-18)8-17(14)24(25)26/h2-8H,10H2,1H3,(H2,22,23). The van der Waals surface area contributed by atoms with Gasteiger partial charge in [0.05, 0.1) is 22.2 Å². The predicted molar refractivity (Wildman–Crippen MR) is 102 cm³/mol. The minimum absolute atomic E-state index is 0.00235. The van der Waals surface area contributed by atoms with E-state index in [9.17, 15) is 15.4 Å². The second kappa shape index (κ2) is 6.55. The second-order valence-corrected chi connectivity index (χ2v) is 6.27. The first-order chi connectivity index (χ1) is 13.5. The number of nitrogens with two attached hydrogens (primary N) is 1. The molecule has 2 aromatic carbocycles. The number of anilines is 1. The maximum atomic E-state index is 11.7. The van der Waals surface area contributed by atoms with Crippen LogP contribution in [0.15, 0.2) is 42.5 Å². The highest BCUT2D eigenvalue weighted by Gasteiger charge is 2.27. The maximum Gasteiger partial charge on any atom is 0.281 e. The zero-order valence-corrected chi connectivity index (χ0v) is 14.8. The molecule has 0 unspecified atom stereocenters. The minimum atomic E-state index is -0.527. The Morgan fingerprint density at radius 1 is 1.14 bits per heavy atom. The smallest absolute Gasteiger partial charge is 0.281 e. The first-order valence-corrected chi connectivity index (χ1v) is 8.34. The SMILES string of the molecule is Cc1ccc(-c2cc(-c3cc4c(cc3[N+](=O)[O-])OCO4)c(C#N)c(N)n2)cc1. The van der Waals surface area contributed by atoms with Gasteiger partial charge in [-0.2, -0.15) is 5.26 Å². The number of fused-ring (bicyclic) bond motifs is 1.